The molecule has 70 valence electrons. The summed E-state index contributed by atoms with van der Waals surface area (Å²) in [5.74, 6) is 0. The minimum Gasteiger partial charge on any atom is -0.439 e. The summed E-state index contributed by atoms with van der Waals surface area (Å²) in [5.41, 5.74) is 1.18. The number of carbonyl (C=O) groups excluding carboxylic acids is 1. The second kappa shape index (κ2) is 3.31. The van der Waals surface area contributed by atoms with Crippen LogP contribution in [0.25, 0.3) is 0 Å². The molecule has 0 bridgehead atoms. The van der Waals surface area contributed by atoms with Crippen LogP contribution < -0.4 is 5.32 Å². The van der Waals surface area contributed by atoms with Crippen LogP contribution in [0.1, 0.15) is 16.5 Å². The number of aryl methyl sites for hydroxylation is 1. The Kier molecular flexibility index (Phi) is 2.29. The first-order valence-corrected chi connectivity index (χ1v) is 5.53. The number of thiophene rings is 1. The van der Waals surface area contributed by atoms with Gasteiger partial charge in [-0.25, -0.2) is 4.79 Å². The molecule has 1 atom stereocenters. The molecule has 0 spiro atoms. The van der Waals surface area contributed by atoms with E-state index in [0.717, 1.165) is 9.35 Å². The van der Waals surface area contributed by atoms with Crippen molar-refractivity contribution in [3.05, 3.63) is 20.3 Å². The molecule has 1 fully saturated rings. The van der Waals surface area contributed by atoms with E-state index in [9.17, 15) is 4.79 Å². The van der Waals surface area contributed by atoms with E-state index < -0.39 is 0 Å². The zero-order valence-corrected chi connectivity index (χ0v) is 9.37. The fourth-order valence-electron chi connectivity index (χ4n) is 1.20. The Morgan fingerprint density at radius 1 is 1.77 bits per heavy atom. The Labute approximate surface area is 88.2 Å². The molecule has 1 amide bonds. The van der Waals surface area contributed by atoms with Gasteiger partial charge in [-0.15, -0.1) is 11.3 Å². The van der Waals surface area contributed by atoms with Gasteiger partial charge >= 0.3 is 6.09 Å². The highest BCUT2D eigenvalue weighted by Gasteiger charge is 2.27. The zero-order valence-electron chi connectivity index (χ0n) is 6.96. The molecule has 0 saturated carbocycles. The number of cyclic esters (lactones) is 1. The largest absolute Gasteiger partial charge is 0.439 e. The van der Waals surface area contributed by atoms with Gasteiger partial charge in [0, 0.05) is 4.47 Å². The molecule has 0 aliphatic carbocycles. The molecule has 13 heavy (non-hydrogen) atoms. The maximum Gasteiger partial charge on any atom is 0.407 e. The topological polar surface area (TPSA) is 38.3 Å². The second-order valence-electron chi connectivity index (χ2n) is 2.87. The number of halogens is 1. The fourth-order valence-corrected chi connectivity index (χ4v) is 2.97. The molecule has 2 heterocycles. The lowest BCUT2D eigenvalue weighted by Gasteiger charge is -2.05. The summed E-state index contributed by atoms with van der Waals surface area (Å²) < 4.78 is 6.13. The molecule has 1 saturated heterocycles. The van der Waals surface area contributed by atoms with Crippen LogP contribution in [0.2, 0.25) is 0 Å². The first-order valence-electron chi connectivity index (χ1n) is 3.86. The molecule has 1 unspecified atom stereocenters. The van der Waals surface area contributed by atoms with Crippen molar-refractivity contribution in [3.63, 3.8) is 0 Å². The van der Waals surface area contributed by atoms with Gasteiger partial charge in [0.05, 0.1) is 11.4 Å². The van der Waals surface area contributed by atoms with Crippen LogP contribution in [-0.2, 0) is 4.74 Å². The van der Waals surface area contributed by atoms with Crippen molar-refractivity contribution in [2.75, 3.05) is 6.54 Å². The highest BCUT2D eigenvalue weighted by Crippen LogP contribution is 2.35. The zero-order chi connectivity index (χ0) is 9.42. The van der Waals surface area contributed by atoms with Gasteiger partial charge in [0.25, 0.3) is 0 Å². The molecule has 1 aliphatic rings. The van der Waals surface area contributed by atoms with Gasteiger partial charge in [-0.1, -0.05) is 0 Å². The van der Waals surface area contributed by atoms with Crippen molar-refractivity contribution in [3.8, 4) is 0 Å². The van der Waals surface area contributed by atoms with Gasteiger partial charge in [-0.3, -0.25) is 0 Å². The summed E-state index contributed by atoms with van der Waals surface area (Å²) in [7, 11) is 0. The Morgan fingerprint density at radius 2 is 2.54 bits per heavy atom. The van der Waals surface area contributed by atoms with Crippen LogP contribution in [-0.4, -0.2) is 12.6 Å². The highest BCUT2D eigenvalue weighted by atomic mass is 79.9. The van der Waals surface area contributed by atoms with E-state index in [4.69, 9.17) is 4.74 Å². The number of hydrogen-bond donors (Lipinski definition) is 1. The van der Waals surface area contributed by atoms with Crippen LogP contribution in [0.4, 0.5) is 4.79 Å². The lowest BCUT2D eigenvalue weighted by Crippen LogP contribution is -2.12. The summed E-state index contributed by atoms with van der Waals surface area (Å²) in [6.45, 7) is 2.59. The number of hydrogen-bond acceptors (Lipinski definition) is 3. The van der Waals surface area contributed by atoms with Gasteiger partial charge in [-0.05, 0) is 33.8 Å². The third-order valence-corrected chi connectivity index (χ3v) is 4.41. The maximum atomic E-state index is 10.8. The van der Waals surface area contributed by atoms with Crippen LogP contribution in [0, 0.1) is 6.92 Å². The Balaban J connectivity index is 2.26. The van der Waals surface area contributed by atoms with Crippen molar-refractivity contribution in [2.24, 2.45) is 0 Å². The van der Waals surface area contributed by atoms with Gasteiger partial charge in [0.15, 0.2) is 6.10 Å². The highest BCUT2D eigenvalue weighted by molar-refractivity contribution is 9.10. The summed E-state index contributed by atoms with van der Waals surface area (Å²) in [6.07, 6.45) is -0.455. The Hall–Kier alpha value is -0.550. The van der Waals surface area contributed by atoms with E-state index in [-0.39, 0.29) is 12.2 Å². The van der Waals surface area contributed by atoms with Gasteiger partial charge in [0.1, 0.15) is 0 Å². The van der Waals surface area contributed by atoms with Gasteiger partial charge in [-0.2, -0.15) is 0 Å². The van der Waals surface area contributed by atoms with E-state index in [0.29, 0.717) is 6.54 Å². The molecular weight excluding hydrogens is 254 g/mol. The number of alkyl carbamates (subject to hydrolysis) is 1. The monoisotopic (exact) mass is 261 g/mol. The molecule has 1 aliphatic heterocycles. The van der Waals surface area contributed by atoms with Crippen molar-refractivity contribution in [1.29, 1.82) is 0 Å². The molecule has 1 N–H and O–H groups in total. The van der Waals surface area contributed by atoms with Crippen molar-refractivity contribution in [1.82, 2.24) is 5.32 Å². The molecule has 0 radical (unpaired) electrons. The summed E-state index contributed by atoms with van der Waals surface area (Å²) >= 11 is 5.08. The van der Waals surface area contributed by atoms with Gasteiger partial charge in [0.2, 0.25) is 0 Å². The molecule has 1 aromatic heterocycles. The second-order valence-corrected chi connectivity index (χ2v) is 4.58. The lowest BCUT2D eigenvalue weighted by atomic mass is 10.2. The fraction of sp³-hybridized carbons (Fsp3) is 0.375. The predicted octanol–water partition coefficient (Wildman–Crippen LogP) is 2.60. The number of ether oxygens (including phenoxy) is 1. The van der Waals surface area contributed by atoms with Crippen LogP contribution in [0.5, 0.6) is 0 Å². The predicted molar refractivity (Wildman–Crippen MR) is 54.0 cm³/mol. The van der Waals surface area contributed by atoms with E-state index in [1.165, 1.54) is 5.56 Å². The first kappa shape index (κ1) is 9.02. The third kappa shape index (κ3) is 1.58. The summed E-state index contributed by atoms with van der Waals surface area (Å²) in [4.78, 5) is 11.9. The molecule has 5 heteroatoms. The van der Waals surface area contributed by atoms with E-state index in [2.05, 4.69) is 21.2 Å². The Bertz CT molecular complexity index is 350. The molecule has 2 rings (SSSR count). The maximum absolute atomic E-state index is 10.8. The summed E-state index contributed by atoms with van der Waals surface area (Å²) in [6, 6.07) is 0. The minimum absolute atomic E-state index is 0.124. The average molecular weight is 262 g/mol. The van der Waals surface area contributed by atoms with E-state index >= 15 is 0 Å². The minimum atomic E-state index is -0.331. The van der Waals surface area contributed by atoms with E-state index in [1.54, 1.807) is 11.3 Å². The van der Waals surface area contributed by atoms with Crippen LogP contribution >= 0.6 is 27.3 Å². The number of carbonyl (C=O) groups is 1. The number of nitrogens with one attached hydrogen (secondary N) is 1. The first-order chi connectivity index (χ1) is 6.18. The molecule has 3 nitrogen and oxygen atoms in total. The lowest BCUT2D eigenvalue weighted by molar-refractivity contribution is 0.142. The van der Waals surface area contributed by atoms with E-state index in [1.807, 2.05) is 12.3 Å². The quantitative estimate of drug-likeness (QED) is 0.844. The molecule has 1 aromatic rings. The standard InChI is InChI=1S/C8H8BrNO2S/c1-4-3-13-7(6(4)9)5-2-10-8(11)12-5/h3,5H,2H2,1H3,(H,10,11). The molecular formula is C8H8BrNO2S. The molecule has 0 aromatic carbocycles. The van der Waals surface area contributed by atoms with Crippen LogP contribution in [0.3, 0.4) is 0 Å². The smallest absolute Gasteiger partial charge is 0.407 e. The van der Waals surface area contributed by atoms with Crippen molar-refractivity contribution < 1.29 is 9.53 Å². The third-order valence-electron chi connectivity index (χ3n) is 1.90. The average Bonchev–Trinajstić information content (AvgIpc) is 2.62. The normalized spacial score (nSPS) is 21.4. The van der Waals surface area contributed by atoms with Crippen molar-refractivity contribution in [2.45, 2.75) is 13.0 Å². The SMILES string of the molecule is Cc1csc(C2CNC(=O)O2)c1Br. The number of rotatable bonds is 1. The van der Waals surface area contributed by atoms with Crippen molar-refractivity contribution >= 4 is 33.4 Å². The Morgan fingerprint density at radius 3 is 3.00 bits per heavy atom. The number of amides is 1. The van der Waals surface area contributed by atoms with Crippen LogP contribution in [0.15, 0.2) is 9.85 Å². The summed E-state index contributed by atoms with van der Waals surface area (Å²) in [5, 5.41) is 4.68. The van der Waals surface area contributed by atoms with Gasteiger partial charge < -0.3 is 10.1 Å².